The molecule has 0 aliphatic rings. The lowest BCUT2D eigenvalue weighted by atomic mass is 9.97. The second-order valence-electron chi connectivity index (χ2n) is 15.3. The van der Waals surface area contributed by atoms with Crippen molar-refractivity contribution in [3.05, 3.63) is 230 Å². The zero-order valence-corrected chi connectivity index (χ0v) is 32.9. The Kier molecular flexibility index (Phi) is 7.03. The van der Waals surface area contributed by atoms with Crippen molar-refractivity contribution < 1.29 is 11.3 Å². The van der Waals surface area contributed by atoms with Crippen molar-refractivity contribution in [1.29, 1.82) is 0 Å². The van der Waals surface area contributed by atoms with E-state index in [1.54, 1.807) is 0 Å². The minimum atomic E-state index is -0.416. The summed E-state index contributed by atoms with van der Waals surface area (Å²) in [5.41, 5.74) is 12.3. The van der Waals surface area contributed by atoms with Crippen LogP contribution in [0.15, 0.2) is 235 Å². The topological polar surface area (TPSA) is 21.3 Å². The summed E-state index contributed by atoms with van der Waals surface area (Å²) in [6, 6.07) is 67.5. The second kappa shape index (κ2) is 14.3. The van der Waals surface area contributed by atoms with Crippen molar-refractivity contribution in [3.8, 4) is 39.1 Å². The molecule has 2 aromatic heterocycles. The molecule has 0 bridgehead atoms. The molecular formula is C58H38N2O. The molecule has 12 rings (SSSR count). The zero-order valence-electron chi connectivity index (χ0n) is 37.9. The zero-order chi connectivity index (χ0) is 44.6. The molecule has 0 unspecified atom stereocenters. The summed E-state index contributed by atoms with van der Waals surface area (Å²) in [5, 5.41) is 6.44. The summed E-state index contributed by atoms with van der Waals surface area (Å²) in [6.07, 6.45) is 0. The number of anilines is 3. The first-order valence-corrected chi connectivity index (χ1v) is 20.4. The van der Waals surface area contributed by atoms with E-state index in [2.05, 4.69) is 161 Å². The molecule has 0 atom stereocenters. The van der Waals surface area contributed by atoms with Gasteiger partial charge in [-0.05, 0) is 117 Å². The summed E-state index contributed by atoms with van der Waals surface area (Å²) in [5.74, 6) is 0. The summed E-state index contributed by atoms with van der Waals surface area (Å²) < 4.78 is 51.6. The van der Waals surface area contributed by atoms with Gasteiger partial charge in [0.05, 0.1) is 29.0 Å². The van der Waals surface area contributed by atoms with Gasteiger partial charge in [0.25, 0.3) is 0 Å². The highest BCUT2D eigenvalue weighted by molar-refractivity contribution is 6.24. The molecule has 0 amide bonds. The third-order valence-electron chi connectivity index (χ3n) is 11.9. The maximum absolute atomic E-state index is 8.74. The van der Waals surface area contributed by atoms with E-state index in [-0.39, 0.29) is 29.7 Å². The van der Waals surface area contributed by atoms with Crippen molar-refractivity contribution in [1.82, 2.24) is 4.57 Å². The van der Waals surface area contributed by atoms with Crippen LogP contribution in [0.3, 0.4) is 0 Å². The fourth-order valence-corrected chi connectivity index (χ4v) is 9.03. The van der Waals surface area contributed by atoms with Crippen molar-refractivity contribution in [2.75, 3.05) is 4.90 Å². The number of para-hydroxylation sites is 2. The molecule has 0 aliphatic carbocycles. The van der Waals surface area contributed by atoms with Crippen LogP contribution in [-0.4, -0.2) is 4.57 Å². The molecule has 0 fully saturated rings. The molecule has 2 heterocycles. The normalized spacial score (nSPS) is 12.8. The third-order valence-corrected chi connectivity index (χ3v) is 11.9. The lowest BCUT2D eigenvalue weighted by Gasteiger charge is -2.27. The Morgan fingerprint density at radius 3 is 1.75 bits per heavy atom. The van der Waals surface area contributed by atoms with E-state index in [0.29, 0.717) is 5.56 Å². The molecule has 0 aliphatic heterocycles. The van der Waals surface area contributed by atoms with Crippen molar-refractivity contribution in [2.45, 2.75) is 0 Å². The largest absolute Gasteiger partial charge is 0.456 e. The quantitative estimate of drug-likeness (QED) is 0.161. The van der Waals surface area contributed by atoms with Gasteiger partial charge in [-0.2, -0.15) is 0 Å². The lowest BCUT2D eigenvalue weighted by Crippen LogP contribution is -2.10. The highest BCUT2D eigenvalue weighted by Gasteiger charge is 2.23. The number of nitrogens with zero attached hydrogens (tertiary/aromatic N) is 2. The fourth-order valence-electron chi connectivity index (χ4n) is 9.03. The van der Waals surface area contributed by atoms with Gasteiger partial charge in [-0.15, -0.1) is 0 Å². The van der Waals surface area contributed by atoms with E-state index >= 15 is 0 Å². The highest BCUT2D eigenvalue weighted by Crippen LogP contribution is 2.48. The van der Waals surface area contributed by atoms with Gasteiger partial charge in [0.15, 0.2) is 0 Å². The monoisotopic (exact) mass is 783 g/mol. The van der Waals surface area contributed by atoms with Crippen LogP contribution in [0.2, 0.25) is 0 Å². The number of benzene rings is 10. The Morgan fingerprint density at radius 2 is 1.00 bits per heavy atom. The van der Waals surface area contributed by atoms with Crippen LogP contribution in [0.25, 0.3) is 93.6 Å². The van der Waals surface area contributed by atoms with Gasteiger partial charge < -0.3 is 13.9 Å². The molecular weight excluding hydrogens is 741 g/mol. The lowest BCUT2D eigenvalue weighted by molar-refractivity contribution is 0.669. The molecule has 0 N–H and O–H groups in total. The van der Waals surface area contributed by atoms with Crippen molar-refractivity contribution in [2.24, 2.45) is 0 Å². The first-order valence-electron chi connectivity index (χ1n) is 22.9. The predicted octanol–water partition coefficient (Wildman–Crippen LogP) is 16.3. The van der Waals surface area contributed by atoms with Crippen molar-refractivity contribution >= 4 is 71.6 Å². The van der Waals surface area contributed by atoms with E-state index in [1.165, 1.54) is 0 Å². The van der Waals surface area contributed by atoms with Crippen LogP contribution >= 0.6 is 0 Å². The minimum absolute atomic E-state index is 0.159. The van der Waals surface area contributed by atoms with Crippen LogP contribution in [0, 0.1) is 0 Å². The van der Waals surface area contributed by atoms with Gasteiger partial charge in [0.1, 0.15) is 11.2 Å². The Morgan fingerprint density at radius 1 is 0.393 bits per heavy atom. The molecule has 61 heavy (non-hydrogen) atoms. The molecule has 0 radical (unpaired) electrons. The molecule has 0 spiro atoms. The van der Waals surface area contributed by atoms with Crippen LogP contribution in [-0.2, 0) is 0 Å². The number of hydrogen-bond acceptors (Lipinski definition) is 2. The molecule has 12 aromatic rings. The van der Waals surface area contributed by atoms with E-state index in [1.807, 2.05) is 48.5 Å². The van der Waals surface area contributed by atoms with Crippen LogP contribution in [0.4, 0.5) is 17.1 Å². The van der Waals surface area contributed by atoms with Gasteiger partial charge in [-0.25, -0.2) is 0 Å². The van der Waals surface area contributed by atoms with Gasteiger partial charge in [0.2, 0.25) is 0 Å². The number of hydrogen-bond donors (Lipinski definition) is 0. The Hall–Kier alpha value is -8.14. The molecule has 10 aromatic carbocycles. The average molecular weight is 784 g/mol. The van der Waals surface area contributed by atoms with Crippen LogP contribution < -0.4 is 4.90 Å². The Labute approximate surface area is 360 Å². The maximum atomic E-state index is 8.74. The predicted molar refractivity (Wildman–Crippen MR) is 257 cm³/mol. The SMILES string of the molecule is [2H]c1c([2H])c([2H])c(-c2ccc(N(c3ccc(-c4ccccc4)cc3)c3cc(-c4ccc5c(c4)c4ccccc4n5-c4ccccc4)cc4oc5ccc6ccccc6c5c34)cc2)c([2H])c1[2H]. The average Bonchev–Trinajstić information content (AvgIpc) is 3.92. The summed E-state index contributed by atoms with van der Waals surface area (Å²) in [7, 11) is 0. The molecule has 286 valence electrons. The maximum Gasteiger partial charge on any atom is 0.138 e. The number of furan rings is 1. The van der Waals surface area contributed by atoms with Crippen LogP contribution in [0.5, 0.6) is 0 Å². The summed E-state index contributed by atoms with van der Waals surface area (Å²) in [4.78, 5) is 2.24. The Balaban J connectivity index is 1.12. The standard InChI is InChI=1S/C58H38N2O/c1-4-14-39(15-5-1)41-24-30-47(31-25-41)59(48-32-26-42(27-33-48)40-16-6-2-7-17-40)54-37-45(38-56-58(54)57-49-21-11-10-18-43(49)29-35-55(57)61-56)44-28-34-53-51(36-44)50-22-12-13-23-52(50)60(53)46-19-8-3-9-20-46/h1-38H/i1D,4D,5D,14D,15D. The van der Waals surface area contributed by atoms with Gasteiger partial charge in [-0.1, -0.05) is 158 Å². The first kappa shape index (κ1) is 30.0. The number of aromatic nitrogens is 1. The van der Waals surface area contributed by atoms with E-state index < -0.39 is 6.04 Å². The molecule has 0 saturated heterocycles. The van der Waals surface area contributed by atoms with Crippen molar-refractivity contribution in [3.63, 3.8) is 0 Å². The van der Waals surface area contributed by atoms with E-state index in [0.717, 1.165) is 99.5 Å². The summed E-state index contributed by atoms with van der Waals surface area (Å²) in [6.45, 7) is 0. The Bertz CT molecular complexity index is 3830. The number of fused-ring (bicyclic) bond motifs is 8. The molecule has 0 saturated carbocycles. The fraction of sp³-hybridized carbons (Fsp3) is 0. The van der Waals surface area contributed by atoms with Crippen LogP contribution in [0.1, 0.15) is 6.85 Å². The molecule has 3 nitrogen and oxygen atoms in total. The smallest absolute Gasteiger partial charge is 0.138 e. The van der Waals surface area contributed by atoms with Gasteiger partial charge >= 0.3 is 0 Å². The highest BCUT2D eigenvalue weighted by atomic mass is 16.3. The first-order chi connectivity index (χ1) is 32.3. The summed E-state index contributed by atoms with van der Waals surface area (Å²) >= 11 is 0. The minimum Gasteiger partial charge on any atom is -0.456 e. The molecule has 3 heteroatoms. The van der Waals surface area contributed by atoms with Gasteiger partial charge in [-0.3, -0.25) is 0 Å². The van der Waals surface area contributed by atoms with E-state index in [4.69, 9.17) is 11.3 Å². The van der Waals surface area contributed by atoms with E-state index in [9.17, 15) is 0 Å². The second-order valence-corrected chi connectivity index (χ2v) is 15.3. The van der Waals surface area contributed by atoms with Gasteiger partial charge in [0, 0.05) is 33.2 Å². The number of rotatable bonds is 7. The third kappa shape index (κ3) is 5.90.